The maximum atomic E-state index is 13.4. The van der Waals surface area contributed by atoms with Gasteiger partial charge in [0.25, 0.3) is 0 Å². The summed E-state index contributed by atoms with van der Waals surface area (Å²) in [5, 5.41) is 0.297. The first-order chi connectivity index (χ1) is 10.4. The Balaban J connectivity index is 2.38. The highest BCUT2D eigenvalue weighted by Crippen LogP contribution is 2.39. The Bertz CT molecular complexity index is 791. The second kappa shape index (κ2) is 6.89. The Morgan fingerprint density at radius 2 is 1.91 bits per heavy atom. The summed E-state index contributed by atoms with van der Waals surface area (Å²) in [6, 6.07) is 8.70. The summed E-state index contributed by atoms with van der Waals surface area (Å²) in [5.41, 5.74) is 0. The SMILES string of the molecule is CCS(=O)(=O)c1ccc(Sc2cc(F)ccc2OC)c(Cl)c1. The van der Waals surface area contributed by atoms with Crippen LogP contribution in [0.5, 0.6) is 5.75 Å². The van der Waals surface area contributed by atoms with Crippen molar-refractivity contribution in [2.75, 3.05) is 12.9 Å². The van der Waals surface area contributed by atoms with E-state index in [0.717, 1.165) is 0 Å². The molecule has 0 atom stereocenters. The molecule has 0 amide bonds. The average molecular weight is 361 g/mol. The van der Waals surface area contributed by atoms with Crippen LogP contribution in [-0.2, 0) is 9.84 Å². The molecule has 2 aromatic carbocycles. The highest BCUT2D eigenvalue weighted by molar-refractivity contribution is 7.99. The molecule has 0 aromatic heterocycles. The predicted molar refractivity (Wildman–Crippen MR) is 86.3 cm³/mol. The first-order valence-corrected chi connectivity index (χ1v) is 9.25. The molecule has 0 spiro atoms. The van der Waals surface area contributed by atoms with E-state index in [1.807, 2.05) is 0 Å². The van der Waals surface area contributed by atoms with E-state index in [-0.39, 0.29) is 16.5 Å². The lowest BCUT2D eigenvalue weighted by Gasteiger charge is -2.10. The lowest BCUT2D eigenvalue weighted by atomic mass is 10.3. The lowest BCUT2D eigenvalue weighted by molar-refractivity contribution is 0.403. The zero-order chi connectivity index (χ0) is 16.3. The summed E-state index contributed by atoms with van der Waals surface area (Å²) in [4.78, 5) is 1.37. The monoisotopic (exact) mass is 360 g/mol. The van der Waals surface area contributed by atoms with Crippen LogP contribution >= 0.6 is 23.4 Å². The summed E-state index contributed by atoms with van der Waals surface area (Å²) in [6.45, 7) is 1.57. The summed E-state index contributed by atoms with van der Waals surface area (Å²) < 4.78 is 42.2. The van der Waals surface area contributed by atoms with Gasteiger partial charge in [-0.05, 0) is 36.4 Å². The molecule has 0 saturated heterocycles. The van der Waals surface area contributed by atoms with Crippen LogP contribution < -0.4 is 4.74 Å². The van der Waals surface area contributed by atoms with Crippen LogP contribution in [0.4, 0.5) is 4.39 Å². The Morgan fingerprint density at radius 1 is 1.18 bits per heavy atom. The fourth-order valence-electron chi connectivity index (χ4n) is 1.77. The molecule has 0 aliphatic rings. The number of halogens is 2. The van der Waals surface area contributed by atoms with Gasteiger partial charge in [0, 0.05) is 4.90 Å². The Labute approximate surface area is 138 Å². The minimum Gasteiger partial charge on any atom is -0.496 e. The summed E-state index contributed by atoms with van der Waals surface area (Å²) in [7, 11) is -1.81. The van der Waals surface area contributed by atoms with Crippen LogP contribution in [0.2, 0.25) is 5.02 Å². The number of hydrogen-bond acceptors (Lipinski definition) is 4. The molecule has 0 N–H and O–H groups in total. The van der Waals surface area contributed by atoms with Crippen LogP contribution in [-0.4, -0.2) is 21.3 Å². The molecule has 0 bridgehead atoms. The standard InChI is InChI=1S/C15H14ClFO3S2/c1-3-22(18,19)11-5-7-14(12(16)9-11)21-15-8-10(17)4-6-13(15)20-2/h4-9H,3H2,1-2H3. The number of sulfone groups is 1. The van der Waals surface area contributed by atoms with E-state index in [1.165, 1.54) is 49.2 Å². The van der Waals surface area contributed by atoms with Gasteiger partial charge in [-0.15, -0.1) is 0 Å². The van der Waals surface area contributed by atoms with Crippen molar-refractivity contribution < 1.29 is 17.5 Å². The Morgan fingerprint density at radius 3 is 2.50 bits per heavy atom. The van der Waals surface area contributed by atoms with Crippen molar-refractivity contribution in [1.82, 2.24) is 0 Å². The molecule has 7 heteroatoms. The minimum absolute atomic E-state index is 0.00748. The maximum Gasteiger partial charge on any atom is 0.178 e. The van der Waals surface area contributed by atoms with Gasteiger partial charge in [0.2, 0.25) is 0 Å². The van der Waals surface area contributed by atoms with Gasteiger partial charge in [0.05, 0.1) is 27.7 Å². The van der Waals surface area contributed by atoms with Gasteiger partial charge in [0.1, 0.15) is 11.6 Å². The third kappa shape index (κ3) is 3.74. The molecule has 118 valence electrons. The van der Waals surface area contributed by atoms with E-state index in [4.69, 9.17) is 16.3 Å². The molecule has 0 saturated carbocycles. The summed E-state index contributed by atoms with van der Waals surface area (Å²) in [6.07, 6.45) is 0. The van der Waals surface area contributed by atoms with E-state index in [1.54, 1.807) is 13.0 Å². The molecular weight excluding hydrogens is 347 g/mol. The first kappa shape index (κ1) is 17.1. The van der Waals surface area contributed by atoms with Gasteiger partial charge in [-0.25, -0.2) is 12.8 Å². The average Bonchev–Trinajstić information content (AvgIpc) is 2.49. The van der Waals surface area contributed by atoms with Crippen LogP contribution in [0.3, 0.4) is 0 Å². The molecule has 0 radical (unpaired) electrons. The topological polar surface area (TPSA) is 43.4 Å². The van der Waals surface area contributed by atoms with Crippen molar-refractivity contribution in [2.24, 2.45) is 0 Å². The molecule has 0 aliphatic heterocycles. The van der Waals surface area contributed by atoms with Gasteiger partial charge in [-0.1, -0.05) is 30.3 Å². The zero-order valence-corrected chi connectivity index (χ0v) is 14.4. The molecule has 3 nitrogen and oxygen atoms in total. The number of hydrogen-bond donors (Lipinski definition) is 0. The molecule has 0 fully saturated rings. The number of benzene rings is 2. The third-order valence-electron chi connectivity index (χ3n) is 2.99. The van der Waals surface area contributed by atoms with Gasteiger partial charge < -0.3 is 4.74 Å². The highest BCUT2D eigenvalue weighted by atomic mass is 35.5. The van der Waals surface area contributed by atoms with E-state index < -0.39 is 9.84 Å². The highest BCUT2D eigenvalue weighted by Gasteiger charge is 2.15. The van der Waals surface area contributed by atoms with Crippen LogP contribution in [0.25, 0.3) is 0 Å². The predicted octanol–water partition coefficient (Wildman–Crippen LogP) is 4.43. The number of ether oxygens (including phenoxy) is 1. The van der Waals surface area contributed by atoms with Gasteiger partial charge in [0.15, 0.2) is 9.84 Å². The maximum absolute atomic E-state index is 13.4. The van der Waals surface area contributed by atoms with Crippen molar-refractivity contribution >= 4 is 33.2 Å². The van der Waals surface area contributed by atoms with Gasteiger partial charge in [-0.3, -0.25) is 0 Å². The van der Waals surface area contributed by atoms with Crippen LogP contribution in [0.15, 0.2) is 51.1 Å². The van der Waals surface area contributed by atoms with Gasteiger partial charge >= 0.3 is 0 Å². The minimum atomic E-state index is -3.31. The van der Waals surface area contributed by atoms with E-state index >= 15 is 0 Å². The van der Waals surface area contributed by atoms with Crippen molar-refractivity contribution in [3.63, 3.8) is 0 Å². The smallest absolute Gasteiger partial charge is 0.178 e. The molecule has 0 heterocycles. The fourth-order valence-corrected chi connectivity index (χ4v) is 3.99. The van der Waals surface area contributed by atoms with Crippen molar-refractivity contribution in [1.29, 1.82) is 0 Å². The third-order valence-corrected chi connectivity index (χ3v) is 6.26. The Kier molecular flexibility index (Phi) is 5.36. The molecule has 22 heavy (non-hydrogen) atoms. The number of methoxy groups -OCH3 is 1. The van der Waals surface area contributed by atoms with E-state index in [0.29, 0.717) is 20.6 Å². The van der Waals surface area contributed by atoms with Crippen molar-refractivity contribution in [3.05, 3.63) is 47.2 Å². The Hall–Kier alpha value is -1.24. The molecule has 0 unspecified atom stereocenters. The van der Waals surface area contributed by atoms with Crippen molar-refractivity contribution in [2.45, 2.75) is 21.6 Å². The molecule has 2 rings (SSSR count). The summed E-state index contributed by atoms with van der Waals surface area (Å²) in [5.74, 6) is 0.144. The van der Waals surface area contributed by atoms with Gasteiger partial charge in [-0.2, -0.15) is 0 Å². The second-order valence-electron chi connectivity index (χ2n) is 4.39. The van der Waals surface area contributed by atoms with Crippen molar-refractivity contribution in [3.8, 4) is 5.75 Å². The molecular formula is C15H14ClFO3S2. The molecule has 0 aliphatic carbocycles. The second-order valence-corrected chi connectivity index (χ2v) is 8.16. The summed E-state index contributed by atoms with van der Waals surface area (Å²) >= 11 is 7.37. The van der Waals surface area contributed by atoms with E-state index in [2.05, 4.69) is 0 Å². The van der Waals surface area contributed by atoms with E-state index in [9.17, 15) is 12.8 Å². The molecule has 2 aromatic rings. The fraction of sp³-hybridized carbons (Fsp3) is 0.200. The van der Waals surface area contributed by atoms with Crippen LogP contribution in [0, 0.1) is 5.82 Å². The first-order valence-electron chi connectivity index (χ1n) is 6.41. The zero-order valence-electron chi connectivity index (χ0n) is 12.0. The normalized spacial score (nSPS) is 11.5. The largest absolute Gasteiger partial charge is 0.496 e. The quantitative estimate of drug-likeness (QED) is 0.791. The number of rotatable bonds is 5. The van der Waals surface area contributed by atoms with Crippen LogP contribution in [0.1, 0.15) is 6.92 Å². The lowest BCUT2D eigenvalue weighted by Crippen LogP contribution is -2.03.